The first kappa shape index (κ1) is 15.6. The van der Waals surface area contributed by atoms with Crippen LogP contribution in [0.1, 0.15) is 51.5 Å². The molecule has 2 rings (SSSR count). The summed E-state index contributed by atoms with van der Waals surface area (Å²) in [5.74, 6) is 1.13. The Labute approximate surface area is 127 Å². The monoisotopic (exact) mass is 287 g/mol. The van der Waals surface area contributed by atoms with Gasteiger partial charge in [0.25, 0.3) is 0 Å². The zero-order valence-electron chi connectivity index (χ0n) is 13.0. The summed E-state index contributed by atoms with van der Waals surface area (Å²) in [6.07, 6.45) is 7.37. The topological polar surface area (TPSA) is 41.8 Å². The van der Waals surface area contributed by atoms with Crippen molar-refractivity contribution < 1.29 is 9.94 Å². The highest BCUT2D eigenvalue weighted by atomic mass is 16.5. The Bertz CT molecular complexity index is 520. The minimum atomic E-state index is 0.221. The summed E-state index contributed by atoms with van der Waals surface area (Å²) in [5, 5.41) is 12.2. The number of hydrogen-bond acceptors (Lipinski definition) is 3. The Hall–Kier alpha value is -1.77. The minimum absolute atomic E-state index is 0.221. The molecule has 0 aromatic heterocycles. The lowest BCUT2D eigenvalue weighted by Gasteiger charge is -2.14. The van der Waals surface area contributed by atoms with Gasteiger partial charge in [-0.1, -0.05) is 31.1 Å². The van der Waals surface area contributed by atoms with E-state index in [0.717, 1.165) is 25.0 Å². The van der Waals surface area contributed by atoms with Gasteiger partial charge in [-0.05, 0) is 55.9 Å². The summed E-state index contributed by atoms with van der Waals surface area (Å²) in [4.78, 5) is 0. The van der Waals surface area contributed by atoms with Crippen molar-refractivity contribution in [2.75, 3.05) is 6.61 Å². The Morgan fingerprint density at radius 2 is 2.24 bits per heavy atom. The minimum Gasteiger partial charge on any atom is -0.494 e. The van der Waals surface area contributed by atoms with Crippen LogP contribution >= 0.6 is 0 Å². The maximum absolute atomic E-state index is 8.91. The molecule has 1 atom stereocenters. The van der Waals surface area contributed by atoms with Crippen LogP contribution < -0.4 is 4.74 Å². The van der Waals surface area contributed by atoms with Crippen LogP contribution in [0, 0.1) is 5.92 Å². The van der Waals surface area contributed by atoms with Gasteiger partial charge in [0, 0.05) is 5.92 Å². The molecule has 1 aliphatic rings. The summed E-state index contributed by atoms with van der Waals surface area (Å²) in [7, 11) is 0. The number of unbranched alkanes of at least 4 members (excludes halogenated alkanes) is 1. The molecule has 0 amide bonds. The fourth-order valence-corrected chi connectivity index (χ4v) is 3.09. The number of benzene rings is 1. The lowest BCUT2D eigenvalue weighted by molar-refractivity contribution is 0.319. The van der Waals surface area contributed by atoms with Crippen molar-refractivity contribution in [2.45, 2.75) is 46.0 Å². The van der Waals surface area contributed by atoms with Crippen molar-refractivity contribution in [1.82, 2.24) is 0 Å². The Kier molecular flexibility index (Phi) is 5.85. The maximum Gasteiger partial charge on any atom is 0.119 e. The summed E-state index contributed by atoms with van der Waals surface area (Å²) >= 11 is 0. The molecule has 21 heavy (non-hydrogen) atoms. The standard InChI is InChI=1S/C18H25NO2/c1-3-5-7-14-10-11-16(13-19-20)18(14)15-8-6-9-17(12-15)21-4-2/h6,8-9,12-13,16,20H,3-5,7,10-11H2,1-2H3. The molecule has 1 aromatic rings. The van der Waals surface area contributed by atoms with Crippen molar-refractivity contribution in [3.8, 4) is 5.75 Å². The number of hydrogen-bond donors (Lipinski definition) is 1. The number of oxime groups is 1. The third kappa shape index (κ3) is 3.87. The average Bonchev–Trinajstić information content (AvgIpc) is 2.89. The van der Waals surface area contributed by atoms with E-state index in [1.54, 1.807) is 6.21 Å². The molecule has 114 valence electrons. The van der Waals surface area contributed by atoms with Crippen LogP contribution in [0.2, 0.25) is 0 Å². The van der Waals surface area contributed by atoms with E-state index >= 15 is 0 Å². The summed E-state index contributed by atoms with van der Waals surface area (Å²) in [6.45, 7) is 4.89. The Balaban J connectivity index is 2.35. The number of ether oxygens (including phenoxy) is 1. The first-order chi connectivity index (χ1) is 10.3. The van der Waals surface area contributed by atoms with Gasteiger partial charge in [-0.15, -0.1) is 5.16 Å². The molecule has 0 radical (unpaired) electrons. The zero-order chi connectivity index (χ0) is 15.1. The van der Waals surface area contributed by atoms with E-state index in [2.05, 4.69) is 24.2 Å². The average molecular weight is 287 g/mol. The smallest absolute Gasteiger partial charge is 0.119 e. The van der Waals surface area contributed by atoms with E-state index < -0.39 is 0 Å². The van der Waals surface area contributed by atoms with Crippen molar-refractivity contribution >= 4 is 11.8 Å². The maximum atomic E-state index is 8.91. The van der Waals surface area contributed by atoms with Gasteiger partial charge >= 0.3 is 0 Å². The van der Waals surface area contributed by atoms with Gasteiger partial charge in [0.1, 0.15) is 5.75 Å². The van der Waals surface area contributed by atoms with Crippen molar-refractivity contribution in [3.63, 3.8) is 0 Å². The van der Waals surface area contributed by atoms with E-state index in [1.807, 2.05) is 19.1 Å². The molecule has 3 nitrogen and oxygen atoms in total. The molecule has 0 bridgehead atoms. The van der Waals surface area contributed by atoms with Crippen LogP contribution in [0.3, 0.4) is 0 Å². The lowest BCUT2D eigenvalue weighted by atomic mass is 9.93. The van der Waals surface area contributed by atoms with E-state index in [4.69, 9.17) is 9.94 Å². The highest BCUT2D eigenvalue weighted by Gasteiger charge is 2.25. The Morgan fingerprint density at radius 3 is 2.95 bits per heavy atom. The molecule has 0 heterocycles. The predicted molar refractivity (Wildman–Crippen MR) is 87.1 cm³/mol. The SMILES string of the molecule is CCCCC1=C(c2cccc(OCC)c2)C(C=NO)CC1. The number of rotatable bonds is 7. The third-order valence-corrected chi connectivity index (χ3v) is 4.04. The molecule has 3 heteroatoms. The van der Waals surface area contributed by atoms with E-state index in [0.29, 0.717) is 6.61 Å². The summed E-state index contributed by atoms with van der Waals surface area (Å²) < 4.78 is 5.61. The zero-order valence-corrected chi connectivity index (χ0v) is 13.0. The summed E-state index contributed by atoms with van der Waals surface area (Å²) in [5.41, 5.74) is 4.05. The highest BCUT2D eigenvalue weighted by molar-refractivity contribution is 5.86. The molecular formula is C18H25NO2. The summed E-state index contributed by atoms with van der Waals surface area (Å²) in [6, 6.07) is 8.27. The van der Waals surface area contributed by atoms with Crippen molar-refractivity contribution in [2.24, 2.45) is 11.1 Å². The largest absolute Gasteiger partial charge is 0.494 e. The highest BCUT2D eigenvalue weighted by Crippen LogP contribution is 2.41. The van der Waals surface area contributed by atoms with Gasteiger partial charge in [-0.25, -0.2) is 0 Å². The van der Waals surface area contributed by atoms with Crippen LogP contribution in [0.5, 0.6) is 5.75 Å². The molecule has 0 saturated heterocycles. The van der Waals surface area contributed by atoms with Crippen LogP contribution in [-0.4, -0.2) is 18.0 Å². The van der Waals surface area contributed by atoms with Gasteiger partial charge in [-0.2, -0.15) is 0 Å². The normalized spacial score (nSPS) is 18.7. The van der Waals surface area contributed by atoms with Crippen LogP contribution in [0.25, 0.3) is 5.57 Å². The molecule has 1 aliphatic carbocycles. The molecule has 0 saturated carbocycles. The van der Waals surface area contributed by atoms with E-state index in [9.17, 15) is 0 Å². The van der Waals surface area contributed by atoms with Gasteiger partial charge in [0.2, 0.25) is 0 Å². The van der Waals surface area contributed by atoms with Gasteiger partial charge in [0.05, 0.1) is 12.8 Å². The number of nitrogens with zero attached hydrogens (tertiary/aromatic N) is 1. The molecule has 1 aromatic carbocycles. The van der Waals surface area contributed by atoms with E-state index in [-0.39, 0.29) is 5.92 Å². The quantitative estimate of drug-likeness (QED) is 0.440. The van der Waals surface area contributed by atoms with Crippen LogP contribution in [0.15, 0.2) is 35.0 Å². The fourth-order valence-electron chi connectivity index (χ4n) is 3.09. The van der Waals surface area contributed by atoms with E-state index in [1.165, 1.54) is 29.6 Å². The fraction of sp³-hybridized carbons (Fsp3) is 0.500. The number of allylic oxidation sites excluding steroid dienone is 2. The van der Waals surface area contributed by atoms with Crippen molar-refractivity contribution in [3.05, 3.63) is 35.4 Å². The second-order valence-corrected chi connectivity index (χ2v) is 5.49. The van der Waals surface area contributed by atoms with Crippen molar-refractivity contribution in [1.29, 1.82) is 0 Å². The van der Waals surface area contributed by atoms with Crippen LogP contribution in [-0.2, 0) is 0 Å². The second kappa shape index (κ2) is 7.87. The van der Waals surface area contributed by atoms with Gasteiger partial charge in [0.15, 0.2) is 0 Å². The molecular weight excluding hydrogens is 262 g/mol. The second-order valence-electron chi connectivity index (χ2n) is 5.49. The van der Waals surface area contributed by atoms with Crippen LogP contribution in [0.4, 0.5) is 0 Å². The van der Waals surface area contributed by atoms with Gasteiger partial charge < -0.3 is 9.94 Å². The first-order valence-electron chi connectivity index (χ1n) is 7.92. The predicted octanol–water partition coefficient (Wildman–Crippen LogP) is 4.90. The molecule has 1 unspecified atom stereocenters. The van der Waals surface area contributed by atoms with Gasteiger partial charge in [-0.3, -0.25) is 0 Å². The molecule has 0 spiro atoms. The lowest BCUT2D eigenvalue weighted by Crippen LogP contribution is -2.02. The molecule has 0 fully saturated rings. The third-order valence-electron chi connectivity index (χ3n) is 4.04. The Morgan fingerprint density at radius 1 is 1.38 bits per heavy atom. The molecule has 0 aliphatic heterocycles. The molecule has 1 N–H and O–H groups in total. The first-order valence-corrected chi connectivity index (χ1v) is 7.92.